The van der Waals surface area contributed by atoms with Crippen molar-refractivity contribution in [1.82, 2.24) is 5.32 Å². The molecule has 1 aliphatic rings. The SMILES string of the molecule is C[C@H](NC(=O)/C=C/c1ccc(F)cc1)c1ccc2c(c1)CCC2. The zero-order chi connectivity index (χ0) is 16.2. The third kappa shape index (κ3) is 3.86. The van der Waals surface area contributed by atoms with Gasteiger partial charge in [-0.2, -0.15) is 0 Å². The molecule has 0 saturated carbocycles. The highest BCUT2D eigenvalue weighted by Crippen LogP contribution is 2.25. The van der Waals surface area contributed by atoms with E-state index in [-0.39, 0.29) is 17.8 Å². The normalized spacial score (nSPS) is 14.7. The Hall–Kier alpha value is -2.42. The monoisotopic (exact) mass is 309 g/mol. The summed E-state index contributed by atoms with van der Waals surface area (Å²) in [6.07, 6.45) is 6.69. The summed E-state index contributed by atoms with van der Waals surface area (Å²) in [6, 6.07) is 12.5. The molecule has 1 aliphatic carbocycles. The van der Waals surface area contributed by atoms with Gasteiger partial charge in [0, 0.05) is 6.08 Å². The number of carbonyl (C=O) groups excluding carboxylic acids is 1. The summed E-state index contributed by atoms with van der Waals surface area (Å²) in [5.41, 5.74) is 4.77. The summed E-state index contributed by atoms with van der Waals surface area (Å²) in [4.78, 5) is 12.0. The summed E-state index contributed by atoms with van der Waals surface area (Å²) in [7, 11) is 0. The van der Waals surface area contributed by atoms with Crippen LogP contribution in [0.15, 0.2) is 48.5 Å². The molecule has 118 valence electrons. The number of rotatable bonds is 4. The highest BCUT2D eigenvalue weighted by molar-refractivity contribution is 5.91. The van der Waals surface area contributed by atoms with Gasteiger partial charge in [-0.05, 0) is 66.6 Å². The van der Waals surface area contributed by atoms with Crippen molar-refractivity contribution in [3.63, 3.8) is 0 Å². The fourth-order valence-electron chi connectivity index (χ4n) is 2.95. The van der Waals surface area contributed by atoms with Gasteiger partial charge in [0.15, 0.2) is 0 Å². The minimum absolute atomic E-state index is 0.0359. The molecule has 2 aromatic rings. The largest absolute Gasteiger partial charge is 0.346 e. The number of nitrogens with one attached hydrogen (secondary N) is 1. The Kier molecular flexibility index (Phi) is 4.56. The Labute approximate surface area is 136 Å². The van der Waals surface area contributed by atoms with Crippen molar-refractivity contribution in [2.45, 2.75) is 32.2 Å². The maximum Gasteiger partial charge on any atom is 0.244 e. The average molecular weight is 309 g/mol. The smallest absolute Gasteiger partial charge is 0.244 e. The van der Waals surface area contributed by atoms with Crippen molar-refractivity contribution < 1.29 is 9.18 Å². The van der Waals surface area contributed by atoms with Gasteiger partial charge in [-0.3, -0.25) is 4.79 Å². The highest BCUT2D eigenvalue weighted by Gasteiger charge is 2.14. The molecule has 23 heavy (non-hydrogen) atoms. The van der Waals surface area contributed by atoms with Gasteiger partial charge in [0.25, 0.3) is 0 Å². The molecule has 3 rings (SSSR count). The van der Waals surface area contributed by atoms with Crippen LogP contribution in [0.4, 0.5) is 4.39 Å². The van der Waals surface area contributed by atoms with Crippen LogP contribution in [0.2, 0.25) is 0 Å². The number of aryl methyl sites for hydroxylation is 2. The standard InChI is InChI=1S/C20H20FNO/c1-14(17-9-8-16-3-2-4-18(16)13-17)22-20(23)12-7-15-5-10-19(21)11-6-15/h5-14H,2-4H2,1H3,(H,22,23)/b12-7+/t14-/m0/s1. The molecule has 0 bridgehead atoms. The van der Waals surface area contributed by atoms with E-state index < -0.39 is 0 Å². The lowest BCUT2D eigenvalue weighted by Crippen LogP contribution is -2.24. The molecule has 0 fully saturated rings. The van der Waals surface area contributed by atoms with E-state index in [2.05, 4.69) is 23.5 Å². The first-order valence-electron chi connectivity index (χ1n) is 7.97. The molecule has 2 nitrogen and oxygen atoms in total. The second kappa shape index (κ2) is 6.78. The number of amides is 1. The van der Waals surface area contributed by atoms with Gasteiger partial charge in [-0.1, -0.05) is 30.3 Å². The second-order valence-electron chi connectivity index (χ2n) is 6.00. The fraction of sp³-hybridized carbons (Fsp3) is 0.250. The number of fused-ring (bicyclic) bond motifs is 1. The number of hydrogen-bond donors (Lipinski definition) is 1. The molecule has 1 atom stereocenters. The van der Waals surface area contributed by atoms with E-state index in [4.69, 9.17) is 0 Å². The Morgan fingerprint density at radius 2 is 1.87 bits per heavy atom. The van der Waals surface area contributed by atoms with Crippen molar-refractivity contribution in [2.75, 3.05) is 0 Å². The van der Waals surface area contributed by atoms with E-state index in [0.29, 0.717) is 0 Å². The number of hydrogen-bond acceptors (Lipinski definition) is 1. The van der Waals surface area contributed by atoms with Crippen LogP contribution >= 0.6 is 0 Å². The van der Waals surface area contributed by atoms with E-state index in [9.17, 15) is 9.18 Å². The van der Waals surface area contributed by atoms with Crippen LogP contribution in [-0.2, 0) is 17.6 Å². The summed E-state index contributed by atoms with van der Waals surface area (Å²) >= 11 is 0. The lowest BCUT2D eigenvalue weighted by molar-refractivity contribution is -0.117. The van der Waals surface area contributed by atoms with Crippen molar-refractivity contribution in [1.29, 1.82) is 0 Å². The first-order valence-corrected chi connectivity index (χ1v) is 7.97. The molecule has 0 aromatic heterocycles. The third-order valence-corrected chi connectivity index (χ3v) is 4.28. The van der Waals surface area contributed by atoms with Crippen molar-refractivity contribution in [3.05, 3.63) is 76.6 Å². The maximum atomic E-state index is 12.8. The quantitative estimate of drug-likeness (QED) is 0.842. The van der Waals surface area contributed by atoms with Gasteiger partial charge in [0.2, 0.25) is 5.91 Å². The zero-order valence-corrected chi connectivity index (χ0v) is 13.2. The Bertz CT molecular complexity index is 734. The number of benzene rings is 2. The van der Waals surface area contributed by atoms with Crippen LogP contribution < -0.4 is 5.32 Å². The molecule has 3 heteroatoms. The maximum absolute atomic E-state index is 12.8. The fourth-order valence-corrected chi connectivity index (χ4v) is 2.95. The molecule has 1 N–H and O–H groups in total. The molecular weight excluding hydrogens is 289 g/mol. The van der Waals surface area contributed by atoms with E-state index in [1.165, 1.54) is 35.8 Å². The topological polar surface area (TPSA) is 29.1 Å². The summed E-state index contributed by atoms with van der Waals surface area (Å²) in [5.74, 6) is -0.431. The molecule has 0 aliphatic heterocycles. The average Bonchev–Trinajstić information content (AvgIpc) is 3.02. The van der Waals surface area contributed by atoms with Gasteiger partial charge >= 0.3 is 0 Å². The Morgan fingerprint density at radius 3 is 2.65 bits per heavy atom. The van der Waals surface area contributed by atoms with Gasteiger partial charge < -0.3 is 5.32 Å². The van der Waals surface area contributed by atoms with Gasteiger partial charge in [0.05, 0.1) is 6.04 Å². The molecule has 1 amide bonds. The predicted octanol–water partition coefficient (Wildman–Crippen LogP) is 4.21. The summed E-state index contributed by atoms with van der Waals surface area (Å²) in [5, 5.41) is 2.97. The molecule has 0 heterocycles. The molecule has 2 aromatic carbocycles. The van der Waals surface area contributed by atoms with E-state index in [1.54, 1.807) is 18.2 Å². The minimum atomic E-state index is -0.281. The lowest BCUT2D eigenvalue weighted by atomic mass is 10.0. The van der Waals surface area contributed by atoms with Gasteiger partial charge in [0.1, 0.15) is 5.82 Å². The first-order chi connectivity index (χ1) is 11.1. The van der Waals surface area contributed by atoms with Crippen LogP contribution in [0.25, 0.3) is 6.08 Å². The van der Waals surface area contributed by atoms with Crippen LogP contribution in [0, 0.1) is 5.82 Å². The third-order valence-electron chi connectivity index (χ3n) is 4.28. The van der Waals surface area contributed by atoms with Gasteiger partial charge in [-0.15, -0.1) is 0 Å². The van der Waals surface area contributed by atoms with Crippen molar-refractivity contribution in [2.24, 2.45) is 0 Å². The minimum Gasteiger partial charge on any atom is -0.346 e. The zero-order valence-electron chi connectivity index (χ0n) is 13.2. The molecule has 0 radical (unpaired) electrons. The summed E-state index contributed by atoms with van der Waals surface area (Å²) < 4.78 is 12.8. The number of halogens is 1. The lowest BCUT2D eigenvalue weighted by Gasteiger charge is -2.14. The Balaban J connectivity index is 1.62. The van der Waals surface area contributed by atoms with Crippen LogP contribution in [-0.4, -0.2) is 5.91 Å². The van der Waals surface area contributed by atoms with Gasteiger partial charge in [-0.25, -0.2) is 4.39 Å². The van der Waals surface area contributed by atoms with E-state index in [0.717, 1.165) is 24.0 Å². The van der Waals surface area contributed by atoms with E-state index in [1.807, 2.05) is 6.92 Å². The summed E-state index contributed by atoms with van der Waals surface area (Å²) in [6.45, 7) is 1.99. The molecular formula is C20H20FNO. The van der Waals surface area contributed by atoms with Crippen molar-refractivity contribution in [3.8, 4) is 0 Å². The molecule has 0 spiro atoms. The van der Waals surface area contributed by atoms with E-state index >= 15 is 0 Å². The van der Waals surface area contributed by atoms with Crippen LogP contribution in [0.3, 0.4) is 0 Å². The second-order valence-corrected chi connectivity index (χ2v) is 6.00. The highest BCUT2D eigenvalue weighted by atomic mass is 19.1. The Morgan fingerprint density at radius 1 is 1.13 bits per heavy atom. The van der Waals surface area contributed by atoms with Crippen LogP contribution in [0.1, 0.15) is 41.6 Å². The first kappa shape index (κ1) is 15.5. The van der Waals surface area contributed by atoms with Crippen molar-refractivity contribution >= 4 is 12.0 Å². The predicted molar refractivity (Wildman–Crippen MR) is 90.5 cm³/mol. The van der Waals surface area contributed by atoms with Crippen LogP contribution in [0.5, 0.6) is 0 Å². The number of carbonyl (C=O) groups is 1. The molecule has 0 saturated heterocycles. The molecule has 0 unspecified atom stereocenters.